The summed E-state index contributed by atoms with van der Waals surface area (Å²) in [5.41, 5.74) is 2.26. The Morgan fingerprint density at radius 1 is 0.920 bits per heavy atom. The Morgan fingerprint density at radius 3 is 2.48 bits per heavy atom. The van der Waals surface area contributed by atoms with E-state index in [0.717, 1.165) is 41.6 Å². The van der Waals surface area contributed by atoms with Gasteiger partial charge >= 0.3 is 0 Å². The van der Waals surface area contributed by atoms with Crippen molar-refractivity contribution in [2.75, 3.05) is 19.7 Å². The molecular weight excluding hydrogens is 330 g/mol. The van der Waals surface area contributed by atoms with Crippen LogP contribution in [0.4, 0.5) is 0 Å². The second kappa shape index (κ2) is 7.47. The minimum Gasteiger partial charge on any atom is -0.492 e. The monoisotopic (exact) mass is 351 g/mol. The van der Waals surface area contributed by atoms with E-state index in [2.05, 4.69) is 53.8 Å². The van der Waals surface area contributed by atoms with E-state index in [1.807, 2.05) is 12.1 Å². The van der Waals surface area contributed by atoms with E-state index in [9.17, 15) is 0 Å². The highest BCUT2D eigenvalue weighted by Gasteiger charge is 2.16. The predicted octanol–water partition coefficient (Wildman–Crippen LogP) is 5.54. The van der Waals surface area contributed by atoms with Gasteiger partial charge in [0.25, 0.3) is 0 Å². The number of halogens is 1. The fourth-order valence-electron chi connectivity index (χ4n) is 3.50. The van der Waals surface area contributed by atoms with Crippen molar-refractivity contribution in [3.63, 3.8) is 0 Å². The van der Waals surface area contributed by atoms with Crippen LogP contribution in [0.1, 0.15) is 12.8 Å². The molecule has 3 aromatic rings. The molecule has 0 atom stereocenters. The van der Waals surface area contributed by atoms with Crippen molar-refractivity contribution in [2.24, 2.45) is 5.92 Å². The van der Waals surface area contributed by atoms with Gasteiger partial charge in [-0.05, 0) is 54.9 Å². The van der Waals surface area contributed by atoms with Crippen molar-refractivity contribution in [1.29, 1.82) is 0 Å². The number of ether oxygens (including phenoxy) is 1. The smallest absolute Gasteiger partial charge is 0.134 e. The van der Waals surface area contributed by atoms with Gasteiger partial charge in [0.2, 0.25) is 0 Å². The van der Waals surface area contributed by atoms with E-state index < -0.39 is 0 Å². The highest BCUT2D eigenvalue weighted by Crippen LogP contribution is 2.37. The Balaban J connectivity index is 1.72. The van der Waals surface area contributed by atoms with E-state index in [1.54, 1.807) is 0 Å². The third-order valence-corrected chi connectivity index (χ3v) is 5.21. The molecule has 0 saturated carbocycles. The van der Waals surface area contributed by atoms with Crippen molar-refractivity contribution in [3.8, 4) is 16.9 Å². The van der Waals surface area contributed by atoms with Crippen LogP contribution < -0.4 is 10.1 Å². The Labute approximate surface area is 153 Å². The van der Waals surface area contributed by atoms with Gasteiger partial charge in [-0.2, -0.15) is 0 Å². The minimum atomic E-state index is 0.623. The lowest BCUT2D eigenvalue weighted by Gasteiger charge is -2.24. The summed E-state index contributed by atoms with van der Waals surface area (Å²) in [7, 11) is 0. The van der Waals surface area contributed by atoms with Crippen molar-refractivity contribution in [3.05, 3.63) is 65.7 Å². The molecular formula is C22H22ClNO. The number of rotatable bonds is 4. The third kappa shape index (κ3) is 3.65. The minimum absolute atomic E-state index is 0.623. The summed E-state index contributed by atoms with van der Waals surface area (Å²) in [6, 6.07) is 20.7. The number of benzene rings is 3. The van der Waals surface area contributed by atoms with E-state index in [4.69, 9.17) is 16.3 Å². The zero-order valence-electron chi connectivity index (χ0n) is 14.2. The van der Waals surface area contributed by atoms with Crippen LogP contribution in [0.5, 0.6) is 5.75 Å². The largest absolute Gasteiger partial charge is 0.492 e. The normalized spacial score (nSPS) is 15.4. The molecule has 1 aliphatic heterocycles. The zero-order valence-corrected chi connectivity index (χ0v) is 14.9. The Hall–Kier alpha value is -2.03. The highest BCUT2D eigenvalue weighted by molar-refractivity contribution is 6.30. The number of fused-ring (bicyclic) bond motifs is 1. The van der Waals surface area contributed by atoms with Crippen LogP contribution in [-0.4, -0.2) is 19.7 Å². The Morgan fingerprint density at radius 2 is 1.68 bits per heavy atom. The predicted molar refractivity (Wildman–Crippen MR) is 105 cm³/mol. The van der Waals surface area contributed by atoms with Crippen molar-refractivity contribution < 1.29 is 4.74 Å². The molecule has 0 aromatic heterocycles. The Kier molecular flexibility index (Phi) is 4.91. The van der Waals surface area contributed by atoms with Gasteiger partial charge < -0.3 is 10.1 Å². The topological polar surface area (TPSA) is 21.3 Å². The molecule has 0 amide bonds. The van der Waals surface area contributed by atoms with Crippen LogP contribution in [0.25, 0.3) is 21.9 Å². The van der Waals surface area contributed by atoms with Gasteiger partial charge in [0.05, 0.1) is 6.61 Å². The second-order valence-corrected chi connectivity index (χ2v) is 7.11. The molecule has 2 nitrogen and oxygen atoms in total. The van der Waals surface area contributed by atoms with E-state index >= 15 is 0 Å². The molecule has 0 unspecified atom stereocenters. The molecule has 0 aliphatic carbocycles. The molecule has 1 heterocycles. The molecule has 4 rings (SSSR count). The molecule has 1 fully saturated rings. The highest BCUT2D eigenvalue weighted by atomic mass is 35.5. The molecule has 3 heteroatoms. The summed E-state index contributed by atoms with van der Waals surface area (Å²) in [5.74, 6) is 1.61. The van der Waals surface area contributed by atoms with Crippen LogP contribution in [-0.2, 0) is 0 Å². The maximum Gasteiger partial charge on any atom is 0.134 e. The van der Waals surface area contributed by atoms with Gasteiger partial charge in [-0.25, -0.2) is 0 Å². The summed E-state index contributed by atoms with van der Waals surface area (Å²) < 4.78 is 6.41. The fraction of sp³-hybridized carbons (Fsp3) is 0.273. The van der Waals surface area contributed by atoms with Gasteiger partial charge in [0.1, 0.15) is 5.75 Å². The molecule has 1 aliphatic rings. The average molecular weight is 352 g/mol. The van der Waals surface area contributed by atoms with Crippen LogP contribution >= 0.6 is 11.6 Å². The SMILES string of the molecule is Clc1ccc(-c2ccc3ccccc3c2OCC2CCNCC2)cc1. The first-order valence-electron chi connectivity index (χ1n) is 8.92. The fourth-order valence-corrected chi connectivity index (χ4v) is 3.63. The van der Waals surface area contributed by atoms with E-state index in [1.165, 1.54) is 23.6 Å². The first-order chi connectivity index (χ1) is 12.3. The molecule has 0 radical (unpaired) electrons. The second-order valence-electron chi connectivity index (χ2n) is 6.67. The first-order valence-corrected chi connectivity index (χ1v) is 9.30. The number of nitrogens with one attached hydrogen (secondary N) is 1. The molecule has 1 saturated heterocycles. The van der Waals surface area contributed by atoms with Crippen molar-refractivity contribution in [1.82, 2.24) is 5.32 Å². The summed E-state index contributed by atoms with van der Waals surface area (Å²) in [4.78, 5) is 0. The summed E-state index contributed by atoms with van der Waals surface area (Å²) in [5, 5.41) is 6.55. The Bertz CT molecular complexity index is 854. The van der Waals surface area contributed by atoms with Crippen molar-refractivity contribution >= 4 is 22.4 Å². The lowest BCUT2D eigenvalue weighted by atomic mass is 9.98. The van der Waals surface area contributed by atoms with Gasteiger partial charge in [0, 0.05) is 16.0 Å². The number of hydrogen-bond donors (Lipinski definition) is 1. The summed E-state index contributed by atoms with van der Waals surface area (Å²) in [6.07, 6.45) is 2.36. The molecule has 3 aromatic carbocycles. The van der Waals surface area contributed by atoms with Crippen LogP contribution in [0.15, 0.2) is 60.7 Å². The summed E-state index contributed by atoms with van der Waals surface area (Å²) in [6.45, 7) is 2.96. The van der Waals surface area contributed by atoms with E-state index in [0.29, 0.717) is 5.92 Å². The van der Waals surface area contributed by atoms with Crippen LogP contribution in [0.2, 0.25) is 5.02 Å². The van der Waals surface area contributed by atoms with Crippen LogP contribution in [0.3, 0.4) is 0 Å². The van der Waals surface area contributed by atoms with Gasteiger partial charge in [-0.15, -0.1) is 0 Å². The lowest BCUT2D eigenvalue weighted by molar-refractivity contribution is 0.218. The zero-order chi connectivity index (χ0) is 17.1. The standard InChI is InChI=1S/C22H22ClNO/c23-19-8-5-18(6-9-19)21-10-7-17-3-1-2-4-20(17)22(21)25-15-16-11-13-24-14-12-16/h1-10,16,24H,11-15H2. The lowest BCUT2D eigenvalue weighted by Crippen LogP contribution is -2.30. The van der Waals surface area contributed by atoms with E-state index in [-0.39, 0.29) is 0 Å². The van der Waals surface area contributed by atoms with Crippen LogP contribution in [0, 0.1) is 5.92 Å². The van der Waals surface area contributed by atoms with Gasteiger partial charge in [0.15, 0.2) is 0 Å². The maximum atomic E-state index is 6.41. The average Bonchev–Trinajstić information content (AvgIpc) is 2.67. The molecule has 25 heavy (non-hydrogen) atoms. The van der Waals surface area contributed by atoms with Gasteiger partial charge in [-0.3, -0.25) is 0 Å². The number of hydrogen-bond acceptors (Lipinski definition) is 2. The maximum absolute atomic E-state index is 6.41. The molecule has 0 bridgehead atoms. The first kappa shape index (κ1) is 16.4. The quantitative estimate of drug-likeness (QED) is 0.666. The molecule has 0 spiro atoms. The summed E-state index contributed by atoms with van der Waals surface area (Å²) >= 11 is 6.06. The number of piperidine rings is 1. The molecule has 128 valence electrons. The third-order valence-electron chi connectivity index (χ3n) is 4.96. The molecule has 1 N–H and O–H groups in total. The van der Waals surface area contributed by atoms with Gasteiger partial charge in [-0.1, -0.05) is 60.1 Å². The van der Waals surface area contributed by atoms with Crippen molar-refractivity contribution in [2.45, 2.75) is 12.8 Å².